The molecule has 162 valence electrons. The molecule has 2 heterocycles. The first-order valence-electron chi connectivity index (χ1n) is 9.66. The average Bonchev–Trinajstić information content (AvgIpc) is 3.48. The van der Waals surface area contributed by atoms with Crippen molar-refractivity contribution in [3.63, 3.8) is 0 Å². The Balaban J connectivity index is 1.44. The second-order valence-corrected chi connectivity index (χ2v) is 8.72. The number of hydrogen-bond acceptors (Lipinski definition) is 7. The molecule has 0 aliphatic rings. The number of anilines is 1. The van der Waals surface area contributed by atoms with Crippen molar-refractivity contribution >= 4 is 52.2 Å². The molecule has 2 aromatic heterocycles. The van der Waals surface area contributed by atoms with Crippen LogP contribution < -0.4 is 10.7 Å². The zero-order valence-electron chi connectivity index (χ0n) is 16.8. The minimum Gasteiger partial charge on any atom is -0.463 e. The summed E-state index contributed by atoms with van der Waals surface area (Å²) in [6.07, 6.45) is 2.99. The van der Waals surface area contributed by atoms with Gasteiger partial charge in [0.05, 0.1) is 24.8 Å². The highest BCUT2D eigenvalue weighted by atomic mass is 127. The summed E-state index contributed by atoms with van der Waals surface area (Å²) in [6.45, 7) is 0.489. The van der Waals surface area contributed by atoms with Crippen LogP contribution in [0.2, 0.25) is 0 Å². The standard InChI is InChI=1S/C22H19IN6O2S/c23-16-8-10-17(11-9-16)24-14-20-26-28-22(29(20)18-5-2-1-3-6-18)32-15-21(30)27-25-13-19-7-4-12-31-19/h1-13,24H,14-15H2,(H,27,30)/b25-13-. The van der Waals surface area contributed by atoms with Crippen LogP contribution in [0.5, 0.6) is 0 Å². The van der Waals surface area contributed by atoms with E-state index in [1.165, 1.54) is 21.5 Å². The van der Waals surface area contributed by atoms with Gasteiger partial charge in [0, 0.05) is 14.9 Å². The number of para-hydroxylation sites is 1. The predicted molar refractivity (Wildman–Crippen MR) is 133 cm³/mol. The Morgan fingerprint density at radius 2 is 1.91 bits per heavy atom. The molecule has 0 saturated carbocycles. The third-order valence-corrected chi connectivity index (χ3v) is 5.91. The highest BCUT2D eigenvalue weighted by Gasteiger charge is 2.15. The van der Waals surface area contributed by atoms with Crippen LogP contribution in [0.4, 0.5) is 5.69 Å². The third kappa shape index (κ3) is 5.98. The smallest absolute Gasteiger partial charge is 0.250 e. The van der Waals surface area contributed by atoms with Crippen LogP contribution >= 0.6 is 34.4 Å². The van der Waals surface area contributed by atoms with Gasteiger partial charge in [0.25, 0.3) is 5.91 Å². The molecule has 2 N–H and O–H groups in total. The predicted octanol–water partition coefficient (Wildman–Crippen LogP) is 4.32. The number of furan rings is 1. The van der Waals surface area contributed by atoms with Gasteiger partial charge in [-0.15, -0.1) is 10.2 Å². The zero-order valence-corrected chi connectivity index (χ0v) is 19.8. The van der Waals surface area contributed by atoms with Crippen molar-refractivity contribution in [3.8, 4) is 5.69 Å². The number of amides is 1. The van der Waals surface area contributed by atoms with Crippen molar-refractivity contribution in [2.24, 2.45) is 5.10 Å². The number of nitrogens with zero attached hydrogens (tertiary/aromatic N) is 4. The summed E-state index contributed by atoms with van der Waals surface area (Å²) in [6, 6.07) is 21.5. The molecule has 0 aliphatic heterocycles. The van der Waals surface area contributed by atoms with E-state index in [1.807, 2.05) is 59.2 Å². The molecule has 0 unspecified atom stereocenters. The summed E-state index contributed by atoms with van der Waals surface area (Å²) in [5.74, 6) is 1.20. The van der Waals surface area contributed by atoms with Gasteiger partial charge in [-0.1, -0.05) is 30.0 Å². The van der Waals surface area contributed by atoms with Crippen molar-refractivity contribution in [2.45, 2.75) is 11.7 Å². The Kier molecular flexibility index (Phi) is 7.56. The number of nitrogens with one attached hydrogen (secondary N) is 2. The number of carbonyl (C=O) groups is 1. The van der Waals surface area contributed by atoms with E-state index < -0.39 is 0 Å². The topological polar surface area (TPSA) is 97.3 Å². The van der Waals surface area contributed by atoms with Gasteiger partial charge in [-0.3, -0.25) is 9.36 Å². The number of halogens is 1. The fourth-order valence-electron chi connectivity index (χ4n) is 2.79. The first kappa shape index (κ1) is 22.1. The Bertz CT molecular complexity index is 1180. The number of benzene rings is 2. The fraction of sp³-hybridized carbons (Fsp3) is 0.0909. The van der Waals surface area contributed by atoms with Gasteiger partial charge in [-0.25, -0.2) is 5.43 Å². The van der Waals surface area contributed by atoms with E-state index in [0.29, 0.717) is 17.5 Å². The molecule has 1 amide bonds. The van der Waals surface area contributed by atoms with Crippen LogP contribution in [0.15, 0.2) is 87.7 Å². The number of aromatic nitrogens is 3. The van der Waals surface area contributed by atoms with Gasteiger partial charge in [0.2, 0.25) is 0 Å². The van der Waals surface area contributed by atoms with Crippen molar-refractivity contribution < 1.29 is 9.21 Å². The van der Waals surface area contributed by atoms with Gasteiger partial charge >= 0.3 is 0 Å². The minimum atomic E-state index is -0.251. The van der Waals surface area contributed by atoms with Crippen LogP contribution in [0.3, 0.4) is 0 Å². The third-order valence-electron chi connectivity index (χ3n) is 4.27. The van der Waals surface area contributed by atoms with Gasteiger partial charge in [-0.2, -0.15) is 5.10 Å². The molecule has 0 aliphatic carbocycles. The van der Waals surface area contributed by atoms with E-state index in [0.717, 1.165) is 17.2 Å². The molecule has 4 aromatic rings. The minimum absolute atomic E-state index is 0.144. The van der Waals surface area contributed by atoms with E-state index in [4.69, 9.17) is 4.42 Å². The van der Waals surface area contributed by atoms with E-state index in [9.17, 15) is 4.79 Å². The molecule has 32 heavy (non-hydrogen) atoms. The molecule has 0 radical (unpaired) electrons. The van der Waals surface area contributed by atoms with Crippen molar-refractivity contribution in [1.29, 1.82) is 0 Å². The molecule has 0 spiro atoms. The molecule has 0 fully saturated rings. The summed E-state index contributed by atoms with van der Waals surface area (Å²) in [5, 5.41) is 16.6. The number of hydrazone groups is 1. The molecule has 8 nitrogen and oxygen atoms in total. The lowest BCUT2D eigenvalue weighted by molar-refractivity contribution is -0.118. The molecular formula is C22H19IN6O2S. The molecule has 10 heteroatoms. The molecule has 0 bridgehead atoms. The first-order chi connectivity index (χ1) is 15.7. The normalized spacial score (nSPS) is 11.0. The van der Waals surface area contributed by atoms with Crippen LogP contribution in [0, 0.1) is 3.57 Å². The monoisotopic (exact) mass is 558 g/mol. The molecular weight excluding hydrogens is 539 g/mol. The second kappa shape index (κ2) is 11.0. The summed E-state index contributed by atoms with van der Waals surface area (Å²) in [4.78, 5) is 12.2. The van der Waals surface area contributed by atoms with E-state index in [1.54, 1.807) is 18.4 Å². The van der Waals surface area contributed by atoms with Crippen molar-refractivity contribution in [2.75, 3.05) is 11.1 Å². The Labute approximate surface area is 202 Å². The van der Waals surface area contributed by atoms with Gasteiger partial charge in [-0.05, 0) is 71.1 Å². The Morgan fingerprint density at radius 1 is 1.09 bits per heavy atom. The second-order valence-electron chi connectivity index (χ2n) is 6.53. The van der Waals surface area contributed by atoms with Crippen LogP contribution in [0.25, 0.3) is 5.69 Å². The summed E-state index contributed by atoms with van der Waals surface area (Å²) in [5.41, 5.74) is 4.41. The summed E-state index contributed by atoms with van der Waals surface area (Å²) in [7, 11) is 0. The highest BCUT2D eigenvalue weighted by molar-refractivity contribution is 14.1. The Hall–Kier alpha value is -3.12. The molecule has 2 aromatic carbocycles. The largest absolute Gasteiger partial charge is 0.463 e. The summed E-state index contributed by atoms with van der Waals surface area (Å²) >= 11 is 3.57. The van der Waals surface area contributed by atoms with E-state index in [2.05, 4.69) is 48.6 Å². The van der Waals surface area contributed by atoms with Gasteiger partial charge in [0.1, 0.15) is 5.76 Å². The maximum atomic E-state index is 12.2. The van der Waals surface area contributed by atoms with Gasteiger partial charge < -0.3 is 9.73 Å². The molecule has 4 rings (SSSR count). The summed E-state index contributed by atoms with van der Waals surface area (Å²) < 4.78 is 8.26. The average molecular weight is 558 g/mol. The number of carbonyl (C=O) groups excluding carboxylic acids is 1. The van der Waals surface area contributed by atoms with Crippen molar-refractivity contribution in [3.05, 3.63) is 88.1 Å². The van der Waals surface area contributed by atoms with E-state index in [-0.39, 0.29) is 11.7 Å². The lowest BCUT2D eigenvalue weighted by atomic mass is 10.3. The van der Waals surface area contributed by atoms with Crippen molar-refractivity contribution in [1.82, 2.24) is 20.2 Å². The number of hydrogen-bond donors (Lipinski definition) is 2. The van der Waals surface area contributed by atoms with Crippen LogP contribution in [-0.4, -0.2) is 32.6 Å². The van der Waals surface area contributed by atoms with E-state index >= 15 is 0 Å². The zero-order chi connectivity index (χ0) is 22.2. The van der Waals surface area contributed by atoms with Gasteiger partial charge in [0.15, 0.2) is 11.0 Å². The molecule has 0 atom stereocenters. The van der Waals surface area contributed by atoms with Crippen LogP contribution in [-0.2, 0) is 11.3 Å². The highest BCUT2D eigenvalue weighted by Crippen LogP contribution is 2.22. The number of rotatable bonds is 9. The maximum Gasteiger partial charge on any atom is 0.250 e. The fourth-order valence-corrected chi connectivity index (χ4v) is 3.91. The number of thioether (sulfide) groups is 1. The maximum absolute atomic E-state index is 12.2. The quantitative estimate of drug-likeness (QED) is 0.138. The first-order valence-corrected chi connectivity index (χ1v) is 11.7. The SMILES string of the molecule is O=C(CSc1nnc(CNc2ccc(I)cc2)n1-c1ccccc1)N/N=C\c1ccco1. The lowest BCUT2D eigenvalue weighted by Crippen LogP contribution is -2.20. The Morgan fingerprint density at radius 3 is 2.66 bits per heavy atom. The van der Waals surface area contributed by atoms with Crippen LogP contribution in [0.1, 0.15) is 11.6 Å². The molecule has 0 saturated heterocycles. The lowest BCUT2D eigenvalue weighted by Gasteiger charge is -2.11.